The van der Waals surface area contributed by atoms with Gasteiger partial charge in [-0.3, -0.25) is 0 Å². The minimum absolute atomic E-state index is 0.220. The molecule has 0 radical (unpaired) electrons. The van der Waals surface area contributed by atoms with E-state index in [-0.39, 0.29) is 6.10 Å². The fourth-order valence-corrected chi connectivity index (χ4v) is 2.12. The van der Waals surface area contributed by atoms with Gasteiger partial charge >= 0.3 is 5.97 Å². The number of rotatable bonds is 6. The Labute approximate surface area is 105 Å². The van der Waals surface area contributed by atoms with Crippen LogP contribution in [0.15, 0.2) is 24.3 Å². The van der Waals surface area contributed by atoms with E-state index in [0.29, 0.717) is 12.0 Å². The number of allylic oxidation sites excluding steroid dienone is 1. The number of esters is 1. The monoisotopic (exact) mass is 252 g/mol. The SMILES string of the molecule is C=C(C)C(=O)OC(/C=C/C)C12OC1(CC1CO1)O2. The zero-order valence-electron chi connectivity index (χ0n) is 10.5. The molecule has 18 heavy (non-hydrogen) atoms. The van der Waals surface area contributed by atoms with Gasteiger partial charge in [0.25, 0.3) is 5.79 Å². The molecule has 0 bridgehead atoms. The predicted molar refractivity (Wildman–Crippen MR) is 61.5 cm³/mol. The number of hydrogen-bond acceptors (Lipinski definition) is 5. The van der Waals surface area contributed by atoms with Crippen LogP contribution in [0.4, 0.5) is 0 Å². The van der Waals surface area contributed by atoms with Crippen molar-refractivity contribution in [3.63, 3.8) is 0 Å². The third kappa shape index (κ3) is 1.70. The number of carbonyl (C=O) groups excluding carboxylic acids is 1. The number of ether oxygens (including phenoxy) is 4. The van der Waals surface area contributed by atoms with Gasteiger partial charge in [0, 0.05) is 12.0 Å². The fourth-order valence-electron chi connectivity index (χ4n) is 2.12. The molecule has 0 aromatic heterocycles. The summed E-state index contributed by atoms with van der Waals surface area (Å²) in [6.45, 7) is 7.78. The van der Waals surface area contributed by atoms with Crippen LogP contribution in [-0.2, 0) is 23.7 Å². The van der Waals surface area contributed by atoms with Crippen molar-refractivity contribution < 1.29 is 23.7 Å². The summed E-state index contributed by atoms with van der Waals surface area (Å²) in [6.07, 6.45) is 3.98. The molecule has 98 valence electrons. The lowest BCUT2D eigenvalue weighted by atomic mass is 10.1. The molecule has 3 fully saturated rings. The highest BCUT2D eigenvalue weighted by Crippen LogP contribution is 2.72. The summed E-state index contributed by atoms with van der Waals surface area (Å²) in [6, 6.07) is 0. The van der Waals surface area contributed by atoms with Gasteiger partial charge in [0.1, 0.15) is 0 Å². The van der Waals surface area contributed by atoms with E-state index >= 15 is 0 Å². The zero-order chi connectivity index (χ0) is 13.0. The van der Waals surface area contributed by atoms with Crippen LogP contribution in [0, 0.1) is 0 Å². The summed E-state index contributed by atoms with van der Waals surface area (Å²) in [5.41, 5.74) is 0.360. The van der Waals surface area contributed by atoms with Crippen molar-refractivity contribution in [1.82, 2.24) is 0 Å². The molecule has 3 saturated heterocycles. The molecule has 0 aromatic carbocycles. The van der Waals surface area contributed by atoms with Crippen LogP contribution in [0.1, 0.15) is 20.3 Å². The number of hydrogen-bond donors (Lipinski definition) is 0. The molecule has 5 heteroatoms. The van der Waals surface area contributed by atoms with Gasteiger partial charge in [-0.05, 0) is 19.9 Å². The second-order valence-electron chi connectivity index (χ2n) is 4.92. The second-order valence-corrected chi connectivity index (χ2v) is 4.92. The van der Waals surface area contributed by atoms with Gasteiger partial charge in [0.15, 0.2) is 6.10 Å². The Morgan fingerprint density at radius 2 is 2.28 bits per heavy atom. The normalized spacial score (nSPS) is 41.1. The Kier molecular flexibility index (Phi) is 2.42. The van der Waals surface area contributed by atoms with Crippen LogP contribution in [0.2, 0.25) is 0 Å². The molecule has 0 aromatic rings. The van der Waals surface area contributed by atoms with Crippen LogP contribution >= 0.6 is 0 Å². The first-order chi connectivity index (χ1) is 8.53. The van der Waals surface area contributed by atoms with Crippen molar-refractivity contribution in [3.05, 3.63) is 24.3 Å². The second kappa shape index (κ2) is 3.66. The lowest BCUT2D eigenvalue weighted by Crippen LogP contribution is -2.27. The first-order valence-corrected chi connectivity index (χ1v) is 6.04. The van der Waals surface area contributed by atoms with Crippen molar-refractivity contribution in [1.29, 1.82) is 0 Å². The lowest BCUT2D eigenvalue weighted by Gasteiger charge is -2.13. The smallest absolute Gasteiger partial charge is 0.333 e. The first kappa shape index (κ1) is 11.9. The molecular formula is C13H16O5. The molecule has 0 N–H and O–H groups in total. The highest BCUT2D eigenvalue weighted by molar-refractivity contribution is 5.87. The Balaban J connectivity index is 1.65. The summed E-state index contributed by atoms with van der Waals surface area (Å²) >= 11 is 0. The van der Waals surface area contributed by atoms with E-state index in [1.807, 2.05) is 13.0 Å². The molecule has 3 aliphatic rings. The van der Waals surface area contributed by atoms with Gasteiger partial charge in [0.2, 0.25) is 5.79 Å². The van der Waals surface area contributed by atoms with E-state index < -0.39 is 23.6 Å². The molecule has 2 unspecified atom stereocenters. The number of carbonyl (C=O) groups is 1. The van der Waals surface area contributed by atoms with E-state index in [9.17, 15) is 4.79 Å². The maximum absolute atomic E-state index is 11.6. The van der Waals surface area contributed by atoms with Crippen molar-refractivity contribution in [2.24, 2.45) is 0 Å². The van der Waals surface area contributed by atoms with Crippen molar-refractivity contribution in [2.75, 3.05) is 6.61 Å². The molecule has 5 nitrogen and oxygen atoms in total. The van der Waals surface area contributed by atoms with Crippen LogP contribution in [-0.4, -0.2) is 36.4 Å². The molecule has 2 atom stereocenters. The maximum Gasteiger partial charge on any atom is 0.333 e. The summed E-state index contributed by atoms with van der Waals surface area (Å²) in [5, 5.41) is 0. The highest BCUT2D eigenvalue weighted by Gasteiger charge is 2.94. The van der Waals surface area contributed by atoms with Crippen LogP contribution < -0.4 is 0 Å². The fraction of sp³-hybridized carbons (Fsp3) is 0.615. The van der Waals surface area contributed by atoms with E-state index in [1.54, 1.807) is 13.0 Å². The standard InChI is InChI=1S/C13H16O5/c1-4-5-10(16-11(14)8(2)3)13-12(17-13,18-13)6-9-7-15-9/h4-5,9-10H,2,6-7H2,1,3H3/b5-4+. The van der Waals surface area contributed by atoms with Crippen molar-refractivity contribution in [3.8, 4) is 0 Å². The third-order valence-corrected chi connectivity index (χ3v) is 3.30. The average Bonchev–Trinajstić information content (AvgIpc) is 3.15. The average molecular weight is 252 g/mol. The largest absolute Gasteiger partial charge is 0.449 e. The number of fused-ring (bicyclic) bond motifs is 1. The van der Waals surface area contributed by atoms with E-state index in [2.05, 4.69) is 6.58 Å². The lowest BCUT2D eigenvalue weighted by molar-refractivity contribution is -0.163. The van der Waals surface area contributed by atoms with Crippen LogP contribution in [0.3, 0.4) is 0 Å². The zero-order valence-corrected chi connectivity index (χ0v) is 10.5. The molecule has 0 aliphatic carbocycles. The summed E-state index contributed by atoms with van der Waals surface area (Å²) in [7, 11) is 0. The van der Waals surface area contributed by atoms with Gasteiger partial charge in [-0.1, -0.05) is 12.7 Å². The van der Waals surface area contributed by atoms with E-state index in [0.717, 1.165) is 6.61 Å². The van der Waals surface area contributed by atoms with Gasteiger partial charge in [-0.25, -0.2) is 4.79 Å². The summed E-state index contributed by atoms with van der Waals surface area (Å²) in [4.78, 5) is 11.6. The first-order valence-electron chi connectivity index (χ1n) is 6.04. The predicted octanol–water partition coefficient (Wildman–Crippen LogP) is 1.29. The number of epoxide rings is 3. The summed E-state index contributed by atoms with van der Waals surface area (Å²) < 4.78 is 21.6. The Morgan fingerprint density at radius 3 is 2.78 bits per heavy atom. The van der Waals surface area contributed by atoms with E-state index in [1.165, 1.54) is 0 Å². The molecule has 0 amide bonds. The topological polar surface area (TPSA) is 63.9 Å². The minimum Gasteiger partial charge on any atom is -0.449 e. The summed E-state index contributed by atoms with van der Waals surface area (Å²) in [5.74, 6) is -1.81. The maximum atomic E-state index is 11.6. The Morgan fingerprint density at radius 1 is 1.61 bits per heavy atom. The molecular weight excluding hydrogens is 236 g/mol. The molecule has 3 aliphatic heterocycles. The Hall–Kier alpha value is -1.17. The molecule has 3 heterocycles. The van der Waals surface area contributed by atoms with Gasteiger partial charge in [-0.2, -0.15) is 0 Å². The third-order valence-electron chi connectivity index (χ3n) is 3.30. The van der Waals surface area contributed by atoms with Gasteiger partial charge < -0.3 is 18.9 Å². The van der Waals surface area contributed by atoms with Crippen LogP contribution in [0.5, 0.6) is 0 Å². The minimum atomic E-state index is -0.781. The highest BCUT2D eigenvalue weighted by atomic mass is 17.1. The van der Waals surface area contributed by atoms with Crippen molar-refractivity contribution in [2.45, 2.75) is 44.1 Å². The molecule has 0 saturated carbocycles. The van der Waals surface area contributed by atoms with E-state index in [4.69, 9.17) is 18.9 Å². The van der Waals surface area contributed by atoms with Crippen molar-refractivity contribution >= 4 is 5.97 Å². The van der Waals surface area contributed by atoms with Gasteiger partial charge in [-0.15, -0.1) is 0 Å². The molecule has 0 spiro atoms. The quantitative estimate of drug-likeness (QED) is 0.308. The molecule has 3 rings (SSSR count). The van der Waals surface area contributed by atoms with Gasteiger partial charge in [0.05, 0.1) is 12.7 Å². The Bertz CT molecular complexity index is 429. The van der Waals surface area contributed by atoms with Crippen LogP contribution in [0.25, 0.3) is 0 Å².